The molecule has 0 atom stereocenters. The Balaban J connectivity index is 1.80. The molecule has 0 fully saturated rings. The van der Waals surface area contributed by atoms with Crippen molar-refractivity contribution < 1.29 is 0 Å². The minimum absolute atomic E-state index is 0.270. The highest BCUT2D eigenvalue weighted by molar-refractivity contribution is 7.99. The SMILES string of the molecule is CC(C)c1ncc(C(C)(C)c2cnc(Sc3ccncn3)nc2)cn1. The van der Waals surface area contributed by atoms with Crippen molar-refractivity contribution in [1.82, 2.24) is 29.9 Å². The highest BCUT2D eigenvalue weighted by Crippen LogP contribution is 2.31. The molecule has 0 aromatic carbocycles. The van der Waals surface area contributed by atoms with Crippen molar-refractivity contribution in [3.63, 3.8) is 0 Å². The van der Waals surface area contributed by atoms with Gasteiger partial charge in [0.2, 0.25) is 0 Å². The maximum atomic E-state index is 4.47. The Hall–Kier alpha value is -2.41. The minimum Gasteiger partial charge on any atom is -0.245 e. The monoisotopic (exact) mass is 352 g/mol. The van der Waals surface area contributed by atoms with Crippen LogP contribution in [0.4, 0.5) is 0 Å². The van der Waals surface area contributed by atoms with E-state index in [0.717, 1.165) is 22.0 Å². The molecular weight excluding hydrogens is 332 g/mol. The van der Waals surface area contributed by atoms with Crippen LogP contribution in [-0.2, 0) is 5.41 Å². The van der Waals surface area contributed by atoms with Crippen LogP contribution >= 0.6 is 11.8 Å². The van der Waals surface area contributed by atoms with Gasteiger partial charge in [-0.15, -0.1) is 0 Å². The van der Waals surface area contributed by atoms with E-state index in [2.05, 4.69) is 57.6 Å². The summed E-state index contributed by atoms with van der Waals surface area (Å²) in [6, 6.07) is 1.83. The zero-order valence-corrected chi connectivity index (χ0v) is 15.5. The fraction of sp³-hybridized carbons (Fsp3) is 0.333. The van der Waals surface area contributed by atoms with Gasteiger partial charge in [0.1, 0.15) is 17.2 Å². The molecule has 0 spiro atoms. The van der Waals surface area contributed by atoms with Gasteiger partial charge in [-0.1, -0.05) is 27.7 Å². The van der Waals surface area contributed by atoms with E-state index in [-0.39, 0.29) is 5.41 Å². The molecule has 0 radical (unpaired) electrons. The third-order valence-electron chi connectivity index (χ3n) is 4.01. The van der Waals surface area contributed by atoms with Gasteiger partial charge in [0.05, 0.1) is 0 Å². The summed E-state index contributed by atoms with van der Waals surface area (Å²) in [5, 5.41) is 1.48. The first kappa shape index (κ1) is 17.4. The predicted octanol–water partition coefficient (Wildman–Crippen LogP) is 3.66. The molecule has 3 heterocycles. The fourth-order valence-electron chi connectivity index (χ4n) is 2.25. The second-order valence-electron chi connectivity index (χ2n) is 6.51. The van der Waals surface area contributed by atoms with Gasteiger partial charge >= 0.3 is 0 Å². The van der Waals surface area contributed by atoms with Crippen LogP contribution in [0.3, 0.4) is 0 Å². The summed E-state index contributed by atoms with van der Waals surface area (Å²) in [7, 11) is 0. The molecule has 3 aromatic rings. The number of nitrogens with zero attached hydrogens (tertiary/aromatic N) is 6. The maximum Gasteiger partial charge on any atom is 0.193 e. The van der Waals surface area contributed by atoms with Crippen molar-refractivity contribution in [2.75, 3.05) is 0 Å². The summed E-state index contributed by atoms with van der Waals surface area (Å²) in [6.07, 6.45) is 10.7. The molecule has 0 saturated heterocycles. The average Bonchev–Trinajstić information content (AvgIpc) is 2.63. The van der Waals surface area contributed by atoms with Crippen LogP contribution in [0.25, 0.3) is 0 Å². The molecule has 0 aliphatic carbocycles. The first-order chi connectivity index (χ1) is 12.0. The van der Waals surface area contributed by atoms with E-state index in [0.29, 0.717) is 11.1 Å². The molecule has 128 valence electrons. The van der Waals surface area contributed by atoms with Crippen molar-refractivity contribution in [3.8, 4) is 0 Å². The third-order valence-corrected chi connectivity index (χ3v) is 4.85. The lowest BCUT2D eigenvalue weighted by atomic mass is 9.81. The van der Waals surface area contributed by atoms with Gasteiger partial charge in [-0.2, -0.15) is 0 Å². The van der Waals surface area contributed by atoms with E-state index in [1.54, 1.807) is 6.20 Å². The second kappa shape index (κ2) is 7.23. The van der Waals surface area contributed by atoms with E-state index in [1.165, 1.54) is 18.1 Å². The molecule has 0 aliphatic rings. The normalized spacial score (nSPS) is 11.7. The van der Waals surface area contributed by atoms with Gasteiger partial charge in [-0.25, -0.2) is 29.9 Å². The molecule has 0 N–H and O–H groups in total. The number of hydrogen-bond acceptors (Lipinski definition) is 7. The molecule has 0 saturated carbocycles. The lowest BCUT2D eigenvalue weighted by Gasteiger charge is -2.24. The molecule has 6 nitrogen and oxygen atoms in total. The van der Waals surface area contributed by atoms with Crippen molar-refractivity contribution in [1.29, 1.82) is 0 Å². The molecule has 25 heavy (non-hydrogen) atoms. The molecule has 0 unspecified atom stereocenters. The Morgan fingerprint density at radius 2 is 1.48 bits per heavy atom. The quantitative estimate of drug-likeness (QED) is 0.512. The summed E-state index contributed by atoms with van der Waals surface area (Å²) >= 11 is 1.41. The molecule has 3 aromatic heterocycles. The van der Waals surface area contributed by atoms with Crippen LogP contribution < -0.4 is 0 Å². The molecule has 0 amide bonds. The number of rotatable bonds is 5. The van der Waals surface area contributed by atoms with Gasteiger partial charge in [-0.05, 0) is 29.0 Å². The van der Waals surface area contributed by atoms with Gasteiger partial charge < -0.3 is 0 Å². The van der Waals surface area contributed by atoms with E-state index in [9.17, 15) is 0 Å². The highest BCUT2D eigenvalue weighted by atomic mass is 32.2. The second-order valence-corrected chi connectivity index (χ2v) is 7.50. The Bertz CT molecular complexity index is 816. The van der Waals surface area contributed by atoms with Crippen LogP contribution in [-0.4, -0.2) is 29.9 Å². The lowest BCUT2D eigenvalue weighted by Crippen LogP contribution is -2.20. The summed E-state index contributed by atoms with van der Waals surface area (Å²) in [6.45, 7) is 8.41. The third kappa shape index (κ3) is 3.99. The number of hydrogen-bond donors (Lipinski definition) is 0. The molecule has 0 aliphatic heterocycles. The molecule has 0 bridgehead atoms. The van der Waals surface area contributed by atoms with Crippen LogP contribution in [0.5, 0.6) is 0 Å². The topological polar surface area (TPSA) is 77.3 Å². The van der Waals surface area contributed by atoms with Crippen molar-refractivity contribution in [3.05, 3.63) is 60.3 Å². The zero-order valence-electron chi connectivity index (χ0n) is 14.7. The Morgan fingerprint density at radius 1 is 0.880 bits per heavy atom. The molecular formula is C18H20N6S. The number of aromatic nitrogens is 6. The maximum absolute atomic E-state index is 4.47. The van der Waals surface area contributed by atoms with Gasteiger partial charge in [0.15, 0.2) is 5.16 Å². The van der Waals surface area contributed by atoms with Crippen LogP contribution in [0.1, 0.15) is 50.6 Å². The van der Waals surface area contributed by atoms with Crippen molar-refractivity contribution >= 4 is 11.8 Å². The predicted molar refractivity (Wildman–Crippen MR) is 96.4 cm³/mol. The minimum atomic E-state index is -0.270. The lowest BCUT2D eigenvalue weighted by molar-refractivity contribution is 0.616. The highest BCUT2D eigenvalue weighted by Gasteiger charge is 2.25. The Kier molecular flexibility index (Phi) is 5.03. The summed E-state index contributed by atoms with van der Waals surface area (Å²) in [5.74, 6) is 1.17. The smallest absolute Gasteiger partial charge is 0.193 e. The molecule has 3 rings (SSSR count). The standard InChI is InChI=1S/C18H20N6S/c1-12(2)16-20-7-13(8-21-16)18(3,4)14-9-22-17(23-10-14)25-15-5-6-19-11-24-15/h5-12H,1-4H3. The summed E-state index contributed by atoms with van der Waals surface area (Å²) < 4.78 is 0. The summed E-state index contributed by atoms with van der Waals surface area (Å²) in [5.41, 5.74) is 1.78. The van der Waals surface area contributed by atoms with Gasteiger partial charge in [-0.3, -0.25) is 0 Å². The van der Waals surface area contributed by atoms with E-state index < -0.39 is 0 Å². The zero-order chi connectivity index (χ0) is 17.9. The first-order valence-electron chi connectivity index (χ1n) is 8.05. The van der Waals surface area contributed by atoms with E-state index in [4.69, 9.17) is 0 Å². The van der Waals surface area contributed by atoms with Crippen molar-refractivity contribution in [2.45, 2.75) is 49.2 Å². The van der Waals surface area contributed by atoms with E-state index >= 15 is 0 Å². The van der Waals surface area contributed by atoms with E-state index in [1.807, 2.05) is 30.9 Å². The van der Waals surface area contributed by atoms with Gasteiger partial charge in [0, 0.05) is 42.3 Å². The van der Waals surface area contributed by atoms with Crippen LogP contribution in [0.15, 0.2) is 53.6 Å². The fourth-order valence-corrected chi connectivity index (χ4v) is 2.88. The summed E-state index contributed by atoms with van der Waals surface area (Å²) in [4.78, 5) is 25.9. The largest absolute Gasteiger partial charge is 0.245 e. The van der Waals surface area contributed by atoms with Crippen LogP contribution in [0, 0.1) is 0 Å². The Morgan fingerprint density at radius 3 is 2.00 bits per heavy atom. The van der Waals surface area contributed by atoms with Crippen LogP contribution in [0.2, 0.25) is 0 Å². The average molecular weight is 352 g/mol. The van der Waals surface area contributed by atoms with Crippen molar-refractivity contribution in [2.24, 2.45) is 0 Å². The molecule has 7 heteroatoms. The first-order valence-corrected chi connectivity index (χ1v) is 8.87. The Labute approximate surface area is 151 Å². The van der Waals surface area contributed by atoms with Gasteiger partial charge in [0.25, 0.3) is 0 Å².